The molecule has 0 fully saturated rings. The Balaban J connectivity index is 0.000000383. The highest BCUT2D eigenvalue weighted by molar-refractivity contribution is 7.88. The Morgan fingerprint density at radius 3 is 2.08 bits per heavy atom. The maximum Gasteiger partial charge on any atom is 0.490 e. The van der Waals surface area contributed by atoms with E-state index in [0.717, 1.165) is 30.9 Å². The van der Waals surface area contributed by atoms with Crippen LogP contribution in [-0.2, 0) is 32.7 Å². The minimum atomic E-state index is -5.08. The van der Waals surface area contributed by atoms with Gasteiger partial charge in [-0.05, 0) is 17.7 Å². The number of aromatic nitrogens is 3. The quantitative estimate of drug-likeness (QED) is 0.472. The van der Waals surface area contributed by atoms with Crippen LogP contribution in [0.1, 0.15) is 17.3 Å². The minimum absolute atomic E-state index is 0.00912. The Bertz CT molecular complexity index is 1080. The van der Waals surface area contributed by atoms with Crippen LogP contribution in [-0.4, -0.2) is 81.9 Å². The highest BCUT2D eigenvalue weighted by atomic mass is 32.2. The lowest BCUT2D eigenvalue weighted by Gasteiger charge is -2.33. The molecule has 2 aromatic heterocycles. The summed E-state index contributed by atoms with van der Waals surface area (Å²) in [5, 5.41) is 18.6. The second-order valence-electron chi connectivity index (χ2n) is 7.18. The average molecular weight is 549 g/mol. The highest BCUT2D eigenvalue weighted by Crippen LogP contribution is 2.21. The fraction of sp³-hybridized carbons (Fsp3) is 0.444. The third-order valence-electron chi connectivity index (χ3n) is 4.15. The van der Waals surface area contributed by atoms with Crippen molar-refractivity contribution < 1.29 is 54.6 Å². The fourth-order valence-electron chi connectivity index (χ4n) is 2.73. The van der Waals surface area contributed by atoms with Crippen molar-refractivity contribution in [2.75, 3.05) is 19.3 Å². The second-order valence-corrected chi connectivity index (χ2v) is 9.01. The van der Waals surface area contributed by atoms with Crippen LogP contribution in [0.4, 0.5) is 26.3 Å². The summed E-state index contributed by atoms with van der Waals surface area (Å²) in [5.74, 6) is -5.51. The smallest absolute Gasteiger partial charge is 0.475 e. The number of hydrogen-bond donors (Lipinski definition) is 3. The zero-order valence-electron chi connectivity index (χ0n) is 18.4. The van der Waals surface area contributed by atoms with Crippen molar-refractivity contribution in [2.45, 2.75) is 31.5 Å². The van der Waals surface area contributed by atoms with Crippen LogP contribution in [0.15, 0.2) is 36.8 Å². The van der Waals surface area contributed by atoms with E-state index in [1.165, 1.54) is 6.26 Å². The molecule has 0 amide bonds. The predicted octanol–water partition coefficient (Wildman–Crippen LogP) is 1.65. The van der Waals surface area contributed by atoms with Gasteiger partial charge in [-0.3, -0.25) is 14.6 Å². The molecule has 0 spiro atoms. The number of nitrogens with zero attached hydrogens (tertiary/aromatic N) is 4. The molecule has 3 rings (SSSR count). The molecule has 11 nitrogen and oxygen atoms in total. The molecule has 0 radical (unpaired) electrons. The summed E-state index contributed by atoms with van der Waals surface area (Å²) in [7, 11) is -3.21. The SMILES string of the molecule is CS(=O)(=O)NCC1CN(Cc2cccnc2)Cc2ccnn21.O=C(O)C(F)(F)F.O=C(O)C(F)(F)F. The first kappa shape index (κ1) is 30.8. The Morgan fingerprint density at radius 2 is 1.64 bits per heavy atom. The molecule has 1 aliphatic rings. The van der Waals surface area contributed by atoms with E-state index in [2.05, 4.69) is 19.7 Å². The lowest BCUT2D eigenvalue weighted by Crippen LogP contribution is -2.42. The predicted molar refractivity (Wildman–Crippen MR) is 110 cm³/mol. The molecule has 3 N–H and O–H groups in total. The van der Waals surface area contributed by atoms with Crippen molar-refractivity contribution in [1.29, 1.82) is 0 Å². The number of nitrogens with one attached hydrogen (secondary N) is 1. The van der Waals surface area contributed by atoms with Crippen molar-refractivity contribution in [1.82, 2.24) is 24.4 Å². The van der Waals surface area contributed by atoms with E-state index in [4.69, 9.17) is 19.8 Å². The van der Waals surface area contributed by atoms with Crippen LogP contribution >= 0.6 is 0 Å². The molecule has 1 aliphatic heterocycles. The zero-order chi connectivity index (χ0) is 27.7. The van der Waals surface area contributed by atoms with E-state index in [0.29, 0.717) is 6.54 Å². The summed E-state index contributed by atoms with van der Waals surface area (Å²) in [6, 6.07) is 5.93. The number of aliphatic carboxylic acids is 2. The molecule has 1 atom stereocenters. The van der Waals surface area contributed by atoms with Gasteiger partial charge >= 0.3 is 24.3 Å². The van der Waals surface area contributed by atoms with Gasteiger partial charge in [-0.1, -0.05) is 6.07 Å². The van der Waals surface area contributed by atoms with E-state index in [1.54, 1.807) is 12.4 Å². The van der Waals surface area contributed by atoms with Gasteiger partial charge in [-0.15, -0.1) is 0 Å². The number of fused-ring (bicyclic) bond motifs is 1. The Labute approximate surface area is 200 Å². The van der Waals surface area contributed by atoms with Gasteiger partial charge in [0.1, 0.15) is 0 Å². The molecule has 0 aromatic carbocycles. The molecule has 18 heteroatoms. The summed E-state index contributed by atoms with van der Waals surface area (Å²) in [6.45, 7) is 2.67. The number of carboxylic acids is 2. The van der Waals surface area contributed by atoms with Gasteiger partial charge in [0.05, 0.1) is 18.0 Å². The van der Waals surface area contributed by atoms with Gasteiger partial charge < -0.3 is 10.2 Å². The second kappa shape index (κ2) is 12.6. The molecule has 0 bridgehead atoms. The normalized spacial score (nSPS) is 16.0. The van der Waals surface area contributed by atoms with Crippen LogP contribution in [0.25, 0.3) is 0 Å². The van der Waals surface area contributed by atoms with Gasteiger partial charge in [0.25, 0.3) is 0 Å². The number of rotatable bonds is 5. The maximum absolute atomic E-state index is 11.3. The van der Waals surface area contributed by atoms with Crippen molar-refractivity contribution in [2.24, 2.45) is 0 Å². The third kappa shape index (κ3) is 11.5. The molecule has 36 heavy (non-hydrogen) atoms. The molecular weight excluding hydrogens is 528 g/mol. The fourth-order valence-corrected chi connectivity index (χ4v) is 3.23. The first-order chi connectivity index (χ1) is 16.4. The van der Waals surface area contributed by atoms with Gasteiger partial charge in [-0.2, -0.15) is 31.4 Å². The molecule has 3 heterocycles. The van der Waals surface area contributed by atoms with Crippen molar-refractivity contribution >= 4 is 22.0 Å². The van der Waals surface area contributed by atoms with Crippen molar-refractivity contribution in [3.63, 3.8) is 0 Å². The maximum atomic E-state index is 11.3. The largest absolute Gasteiger partial charge is 0.490 e. The molecular formula is C18H21F6N5O6S. The summed E-state index contributed by atoms with van der Waals surface area (Å²) in [5.41, 5.74) is 2.24. The van der Waals surface area contributed by atoms with Gasteiger partial charge in [0, 0.05) is 44.8 Å². The topological polar surface area (TPSA) is 155 Å². The Kier molecular flexibility index (Phi) is 10.8. The van der Waals surface area contributed by atoms with E-state index in [-0.39, 0.29) is 6.04 Å². The summed E-state index contributed by atoms with van der Waals surface area (Å²) in [6.07, 6.45) is -3.62. The number of alkyl halides is 6. The lowest BCUT2D eigenvalue weighted by molar-refractivity contribution is -0.193. The van der Waals surface area contributed by atoms with E-state index in [1.807, 2.05) is 29.1 Å². The van der Waals surface area contributed by atoms with Gasteiger partial charge in [0.2, 0.25) is 10.0 Å². The average Bonchev–Trinajstić information content (AvgIpc) is 3.20. The standard InChI is InChI=1S/C14H19N5O2S.2C2HF3O2/c1-22(20,21)17-8-14-11-18(9-12-3-2-5-15-7-12)10-13-4-6-16-19(13)14;2*3-2(4,5)1(6)7/h2-7,14,17H,8-11H2,1H3;2*(H,6,7). The Hall–Kier alpha value is -3.25. The van der Waals surface area contributed by atoms with Gasteiger partial charge in [0.15, 0.2) is 0 Å². The number of sulfonamides is 1. The van der Waals surface area contributed by atoms with Crippen LogP contribution in [0.3, 0.4) is 0 Å². The summed E-state index contributed by atoms with van der Waals surface area (Å²) >= 11 is 0. The lowest BCUT2D eigenvalue weighted by atomic mass is 10.1. The van der Waals surface area contributed by atoms with Gasteiger partial charge in [-0.25, -0.2) is 22.7 Å². The number of pyridine rings is 1. The Morgan fingerprint density at radius 1 is 1.08 bits per heavy atom. The number of halogens is 6. The van der Waals surface area contributed by atoms with Crippen molar-refractivity contribution in [3.8, 4) is 0 Å². The highest BCUT2D eigenvalue weighted by Gasteiger charge is 2.38. The molecule has 0 saturated heterocycles. The first-order valence-electron chi connectivity index (χ1n) is 9.58. The van der Waals surface area contributed by atoms with Crippen LogP contribution in [0.2, 0.25) is 0 Å². The number of hydrogen-bond acceptors (Lipinski definition) is 7. The summed E-state index contributed by atoms with van der Waals surface area (Å²) < 4.78 is 90.6. The van der Waals surface area contributed by atoms with E-state index >= 15 is 0 Å². The van der Waals surface area contributed by atoms with Crippen molar-refractivity contribution in [3.05, 3.63) is 48.0 Å². The summed E-state index contributed by atoms with van der Waals surface area (Å²) in [4.78, 5) is 24.2. The molecule has 0 saturated carbocycles. The van der Waals surface area contributed by atoms with E-state index in [9.17, 15) is 34.8 Å². The molecule has 2 aromatic rings. The monoisotopic (exact) mass is 549 g/mol. The minimum Gasteiger partial charge on any atom is -0.475 e. The number of carbonyl (C=O) groups is 2. The first-order valence-corrected chi connectivity index (χ1v) is 11.5. The van der Waals surface area contributed by atoms with E-state index < -0.39 is 34.3 Å². The van der Waals surface area contributed by atoms with Crippen LogP contribution < -0.4 is 4.72 Å². The number of carboxylic acid groups (broad SMARTS) is 2. The third-order valence-corrected chi connectivity index (χ3v) is 4.84. The zero-order valence-corrected chi connectivity index (χ0v) is 19.2. The molecule has 0 aliphatic carbocycles. The van der Waals surface area contributed by atoms with Crippen LogP contribution in [0.5, 0.6) is 0 Å². The molecule has 1 unspecified atom stereocenters. The van der Waals surface area contributed by atoms with Crippen LogP contribution in [0, 0.1) is 0 Å². The molecule has 202 valence electrons.